The smallest absolute Gasteiger partial charge is 0.273 e. The first-order valence-corrected chi connectivity index (χ1v) is 9.27. The summed E-state index contributed by atoms with van der Waals surface area (Å²) in [7, 11) is 3.06. The number of nitrogens with zero attached hydrogens (tertiary/aromatic N) is 2. The summed E-state index contributed by atoms with van der Waals surface area (Å²) in [4.78, 5) is 24.9. The summed E-state index contributed by atoms with van der Waals surface area (Å²) in [6.45, 7) is 0. The maximum atomic E-state index is 13.2. The monoisotopic (exact) mass is 407 g/mol. The van der Waals surface area contributed by atoms with Crippen molar-refractivity contribution >= 4 is 28.9 Å². The molecule has 1 aromatic heterocycles. The number of hydrogen-bond donors (Lipinski definition) is 1. The number of amides is 1. The molecule has 29 heavy (non-hydrogen) atoms. The number of hydrogen-bond acceptors (Lipinski definition) is 6. The first-order valence-electron chi connectivity index (χ1n) is 8.45. The fourth-order valence-electron chi connectivity index (χ4n) is 2.75. The van der Waals surface area contributed by atoms with Crippen LogP contribution in [0.25, 0.3) is 17.3 Å². The molecule has 0 aliphatic rings. The minimum atomic E-state index is -0.896. The van der Waals surface area contributed by atoms with E-state index in [0.29, 0.717) is 27.3 Å². The number of methoxy groups -OCH3 is 2. The Morgan fingerprint density at radius 1 is 1.17 bits per heavy atom. The molecule has 2 N–H and O–H groups in total. The average molecular weight is 407 g/mol. The quantitative estimate of drug-likeness (QED) is 0.676. The number of nitrogens with two attached hydrogens (primary N) is 1. The number of ether oxygens (including phenoxy) is 2. The second-order valence-corrected chi connectivity index (χ2v) is 6.88. The fourth-order valence-corrected chi connectivity index (χ4v) is 3.85. The number of primary amides is 1. The summed E-state index contributed by atoms with van der Waals surface area (Å²) in [5.41, 5.74) is 5.89. The lowest BCUT2D eigenvalue weighted by Gasteiger charge is -2.06. The van der Waals surface area contributed by atoms with Crippen molar-refractivity contribution in [1.29, 1.82) is 5.26 Å². The highest BCUT2D eigenvalue weighted by atomic mass is 32.1. The first-order chi connectivity index (χ1) is 14.0. The molecular weight excluding hydrogens is 390 g/mol. The summed E-state index contributed by atoms with van der Waals surface area (Å²) >= 11 is 1.01. The third-order valence-electron chi connectivity index (χ3n) is 4.14. The molecule has 0 radical (unpaired) electrons. The Morgan fingerprint density at radius 2 is 1.90 bits per heavy atom. The minimum Gasteiger partial charge on any atom is -0.497 e. The molecule has 0 aliphatic heterocycles. The summed E-state index contributed by atoms with van der Waals surface area (Å²) in [6.07, 6.45) is 1.64. The van der Waals surface area contributed by atoms with Gasteiger partial charge in [0.15, 0.2) is 5.57 Å². The second-order valence-electron chi connectivity index (χ2n) is 5.85. The highest BCUT2D eigenvalue weighted by molar-refractivity contribution is 7.07. The van der Waals surface area contributed by atoms with E-state index in [9.17, 15) is 14.9 Å². The summed E-state index contributed by atoms with van der Waals surface area (Å²) in [5.74, 6) is 0.234. The van der Waals surface area contributed by atoms with Crippen LogP contribution in [-0.4, -0.2) is 24.7 Å². The van der Waals surface area contributed by atoms with Crippen molar-refractivity contribution in [2.45, 2.75) is 0 Å². The maximum Gasteiger partial charge on any atom is 0.273 e. The number of carbonyl (C=O) groups excluding carboxylic acids is 1. The van der Waals surface area contributed by atoms with Crippen molar-refractivity contribution in [3.63, 3.8) is 0 Å². The molecule has 3 aromatic rings. The summed E-state index contributed by atoms with van der Waals surface area (Å²) in [5, 5.41) is 9.41. The highest BCUT2D eigenvalue weighted by Gasteiger charge is 2.15. The lowest BCUT2D eigenvalue weighted by atomic mass is 10.2. The second kappa shape index (κ2) is 8.46. The number of benzene rings is 2. The predicted octanol–water partition coefficient (Wildman–Crippen LogP) is 0.905. The molecule has 0 spiro atoms. The van der Waals surface area contributed by atoms with Gasteiger partial charge in [-0.15, -0.1) is 11.3 Å². The third kappa shape index (κ3) is 3.90. The van der Waals surface area contributed by atoms with Gasteiger partial charge in [0.1, 0.15) is 22.2 Å². The van der Waals surface area contributed by atoms with Gasteiger partial charge >= 0.3 is 0 Å². The zero-order valence-corrected chi connectivity index (χ0v) is 16.5. The Morgan fingerprint density at radius 3 is 2.48 bits per heavy atom. The molecule has 0 atom stereocenters. The number of para-hydroxylation sites is 1. The molecule has 3 rings (SSSR count). The molecule has 0 saturated heterocycles. The molecule has 146 valence electrons. The topological polar surface area (TPSA) is 107 Å². The molecule has 0 saturated carbocycles. The molecule has 1 heterocycles. The molecule has 0 fully saturated rings. The molecule has 0 unspecified atom stereocenters. The van der Waals surface area contributed by atoms with Gasteiger partial charge in [-0.05, 0) is 30.3 Å². The lowest BCUT2D eigenvalue weighted by Crippen LogP contribution is -2.32. The van der Waals surface area contributed by atoms with E-state index in [-0.39, 0.29) is 15.8 Å². The lowest BCUT2D eigenvalue weighted by molar-refractivity contribution is -0.112. The number of rotatable bonds is 5. The van der Waals surface area contributed by atoms with Crippen LogP contribution in [0.2, 0.25) is 0 Å². The van der Waals surface area contributed by atoms with Crippen molar-refractivity contribution in [2.75, 3.05) is 14.2 Å². The standard InChI is InChI=1S/C21H17N3O4S/c1-27-15-9-8-13(17(11-15)28-2)10-18-20(26)24(14-6-4-3-5-7-14)21(29-18)16(12-22)19(23)25/h3-11H,1-2H3,(H2,23,25)/b18-10-,21-16+. The van der Waals surface area contributed by atoms with Crippen LogP contribution in [0.1, 0.15) is 5.56 Å². The van der Waals surface area contributed by atoms with E-state index < -0.39 is 5.91 Å². The Balaban J connectivity index is 2.39. The van der Waals surface area contributed by atoms with Crippen molar-refractivity contribution in [1.82, 2.24) is 4.57 Å². The van der Waals surface area contributed by atoms with Crippen LogP contribution in [0.15, 0.2) is 53.3 Å². The van der Waals surface area contributed by atoms with E-state index in [2.05, 4.69) is 0 Å². The molecule has 2 aromatic carbocycles. The zero-order valence-electron chi connectivity index (χ0n) is 15.7. The minimum absolute atomic E-state index is 0.176. The Bertz CT molecular complexity index is 1280. The maximum absolute atomic E-state index is 13.2. The SMILES string of the molecule is COc1ccc(/C=c2\s/c(=C(\C#N)C(N)=O)n(-c3ccccc3)c2=O)c(OC)c1. The number of nitriles is 1. The van der Waals surface area contributed by atoms with Gasteiger partial charge in [0.05, 0.1) is 24.4 Å². The third-order valence-corrected chi connectivity index (χ3v) is 5.23. The number of aromatic nitrogens is 1. The van der Waals surface area contributed by atoms with Gasteiger partial charge in [-0.3, -0.25) is 14.2 Å². The van der Waals surface area contributed by atoms with E-state index in [0.717, 1.165) is 11.3 Å². The molecule has 0 bridgehead atoms. The Labute approximate surface area is 170 Å². The normalized spacial score (nSPS) is 12.2. The molecular formula is C21H17N3O4S. The van der Waals surface area contributed by atoms with Crippen LogP contribution < -0.4 is 30.0 Å². The van der Waals surface area contributed by atoms with E-state index in [4.69, 9.17) is 15.2 Å². The van der Waals surface area contributed by atoms with Crippen molar-refractivity contribution in [2.24, 2.45) is 5.73 Å². The zero-order chi connectivity index (χ0) is 21.0. The van der Waals surface area contributed by atoms with Gasteiger partial charge < -0.3 is 15.2 Å². The Hall–Kier alpha value is -3.83. The van der Waals surface area contributed by atoms with Crippen LogP contribution in [0.5, 0.6) is 11.5 Å². The predicted molar refractivity (Wildman–Crippen MR) is 110 cm³/mol. The summed E-state index contributed by atoms with van der Waals surface area (Å²) < 4.78 is 12.4. The van der Waals surface area contributed by atoms with Crippen LogP contribution in [0.3, 0.4) is 0 Å². The number of carbonyl (C=O) groups is 1. The number of thiazole rings is 1. The van der Waals surface area contributed by atoms with Gasteiger partial charge in [-0.25, -0.2) is 0 Å². The molecule has 7 nitrogen and oxygen atoms in total. The van der Waals surface area contributed by atoms with Crippen molar-refractivity contribution in [3.05, 3.63) is 73.6 Å². The van der Waals surface area contributed by atoms with Crippen LogP contribution >= 0.6 is 11.3 Å². The molecule has 1 amide bonds. The van der Waals surface area contributed by atoms with E-state index in [1.807, 2.05) is 6.07 Å². The van der Waals surface area contributed by atoms with Crippen LogP contribution in [0.4, 0.5) is 0 Å². The average Bonchev–Trinajstić information content (AvgIpc) is 3.04. The van der Waals surface area contributed by atoms with Crippen molar-refractivity contribution in [3.8, 4) is 23.3 Å². The van der Waals surface area contributed by atoms with Crippen molar-refractivity contribution < 1.29 is 14.3 Å². The van der Waals surface area contributed by atoms with Crippen LogP contribution in [0, 0.1) is 11.3 Å². The van der Waals surface area contributed by atoms with Gasteiger partial charge in [-0.2, -0.15) is 5.26 Å². The highest BCUT2D eigenvalue weighted by Crippen LogP contribution is 2.24. The first kappa shape index (κ1) is 19.9. The summed E-state index contributed by atoms with van der Waals surface area (Å²) in [6, 6.07) is 15.8. The van der Waals surface area contributed by atoms with Gasteiger partial charge in [0.25, 0.3) is 11.5 Å². The van der Waals surface area contributed by atoms with Gasteiger partial charge in [-0.1, -0.05) is 18.2 Å². The molecule has 8 heteroatoms. The molecule has 0 aliphatic carbocycles. The van der Waals surface area contributed by atoms with E-state index in [1.165, 1.54) is 11.7 Å². The van der Waals surface area contributed by atoms with E-state index in [1.54, 1.807) is 61.7 Å². The van der Waals surface area contributed by atoms with Gasteiger partial charge in [0, 0.05) is 11.6 Å². The Kier molecular flexibility index (Phi) is 5.81. The largest absolute Gasteiger partial charge is 0.497 e. The van der Waals surface area contributed by atoms with Gasteiger partial charge in [0.2, 0.25) is 0 Å². The van der Waals surface area contributed by atoms with Crippen LogP contribution in [-0.2, 0) is 4.79 Å². The van der Waals surface area contributed by atoms with E-state index >= 15 is 0 Å². The fraction of sp³-hybridized carbons (Fsp3) is 0.0952.